The summed E-state index contributed by atoms with van der Waals surface area (Å²) in [5.41, 5.74) is 8.91. The minimum atomic E-state index is -0.620. The maximum absolute atomic E-state index is 13.9. The highest BCUT2D eigenvalue weighted by Gasteiger charge is 2.24. The average Bonchev–Trinajstić information content (AvgIpc) is 3.63. The summed E-state index contributed by atoms with van der Waals surface area (Å²) in [5.74, 6) is 5.62. The molecule has 0 unspecified atom stereocenters. The van der Waals surface area contributed by atoms with Crippen LogP contribution < -0.4 is 16.7 Å². The molecule has 0 aliphatic heterocycles. The number of benzene rings is 1. The first kappa shape index (κ1) is 23.7. The number of nitrogens with one attached hydrogen (secondary N) is 1. The van der Waals surface area contributed by atoms with Gasteiger partial charge in [-0.05, 0) is 37.1 Å². The Morgan fingerprint density at radius 2 is 1.87 bits per heavy atom. The van der Waals surface area contributed by atoms with E-state index in [9.17, 15) is 9.59 Å². The largest absolute Gasteiger partial charge is 0.382 e. The van der Waals surface area contributed by atoms with Crippen molar-refractivity contribution in [1.82, 2.24) is 43.6 Å². The number of nitrogens with two attached hydrogens (primary N) is 1. The van der Waals surface area contributed by atoms with Crippen molar-refractivity contribution in [2.75, 3.05) is 5.73 Å². The van der Waals surface area contributed by atoms with Gasteiger partial charge in [0, 0.05) is 25.5 Å². The quantitative estimate of drug-likeness (QED) is 0.339. The second-order valence-corrected chi connectivity index (χ2v) is 8.85. The predicted octanol–water partition coefficient (Wildman–Crippen LogP) is 1.73. The van der Waals surface area contributed by atoms with E-state index in [0.717, 1.165) is 0 Å². The molecule has 12 heteroatoms. The zero-order valence-electron chi connectivity index (χ0n) is 21.0. The number of amides is 1. The third kappa shape index (κ3) is 4.17. The van der Waals surface area contributed by atoms with Crippen LogP contribution in [0.2, 0.25) is 0 Å². The van der Waals surface area contributed by atoms with Gasteiger partial charge in [0.25, 0.3) is 5.91 Å². The lowest BCUT2D eigenvalue weighted by molar-refractivity contribution is 0.0932. The van der Waals surface area contributed by atoms with Gasteiger partial charge in [-0.3, -0.25) is 14.0 Å². The number of carbonyl (C=O) groups is 1. The Labute approximate surface area is 221 Å². The van der Waals surface area contributed by atoms with Gasteiger partial charge >= 0.3 is 5.69 Å². The van der Waals surface area contributed by atoms with Crippen LogP contribution in [0.4, 0.5) is 5.82 Å². The molecule has 1 aromatic carbocycles. The van der Waals surface area contributed by atoms with Crippen LogP contribution in [0.25, 0.3) is 17.0 Å². The lowest BCUT2D eigenvalue weighted by atomic mass is 10.2. The number of hydrogen-bond donors (Lipinski definition) is 2. The molecule has 39 heavy (non-hydrogen) atoms. The minimum Gasteiger partial charge on any atom is -0.382 e. The van der Waals surface area contributed by atoms with Crippen LogP contribution >= 0.6 is 0 Å². The Morgan fingerprint density at radius 1 is 1.05 bits per heavy atom. The summed E-state index contributed by atoms with van der Waals surface area (Å²) in [6.45, 7) is 1.78. The molecule has 0 spiro atoms. The first-order valence-electron chi connectivity index (χ1n) is 12.0. The van der Waals surface area contributed by atoms with Crippen LogP contribution in [0.15, 0.2) is 78.1 Å². The van der Waals surface area contributed by atoms with E-state index < -0.39 is 11.9 Å². The first-order valence-corrected chi connectivity index (χ1v) is 12.0. The Bertz CT molecular complexity index is 1990. The van der Waals surface area contributed by atoms with Crippen molar-refractivity contribution in [2.24, 2.45) is 7.05 Å². The van der Waals surface area contributed by atoms with Crippen molar-refractivity contribution in [3.63, 3.8) is 0 Å². The molecule has 192 valence electrons. The molecule has 0 aliphatic rings. The normalized spacial score (nSPS) is 11.8. The third-order valence-electron chi connectivity index (χ3n) is 6.19. The highest BCUT2D eigenvalue weighted by atomic mass is 16.2. The van der Waals surface area contributed by atoms with Crippen LogP contribution in [0, 0.1) is 11.8 Å². The van der Waals surface area contributed by atoms with Crippen LogP contribution in [0.3, 0.4) is 0 Å². The van der Waals surface area contributed by atoms with Gasteiger partial charge in [0.1, 0.15) is 11.3 Å². The van der Waals surface area contributed by atoms with Gasteiger partial charge < -0.3 is 11.1 Å². The van der Waals surface area contributed by atoms with Crippen LogP contribution in [0.1, 0.15) is 40.4 Å². The minimum absolute atomic E-state index is 0.0550. The molecule has 0 radical (unpaired) electrons. The van der Waals surface area contributed by atoms with Crippen molar-refractivity contribution in [2.45, 2.75) is 13.0 Å². The van der Waals surface area contributed by atoms with Gasteiger partial charge in [0.15, 0.2) is 17.2 Å². The van der Waals surface area contributed by atoms with Gasteiger partial charge in [-0.15, -0.1) is 0 Å². The van der Waals surface area contributed by atoms with Gasteiger partial charge in [-0.1, -0.05) is 24.1 Å². The third-order valence-corrected chi connectivity index (χ3v) is 6.19. The summed E-state index contributed by atoms with van der Waals surface area (Å²) in [7, 11) is 1.81. The molecule has 0 bridgehead atoms. The number of hydrogen-bond acceptors (Lipinski definition) is 7. The monoisotopic (exact) mass is 518 g/mol. The van der Waals surface area contributed by atoms with Crippen LogP contribution in [0.5, 0.6) is 0 Å². The highest BCUT2D eigenvalue weighted by molar-refractivity contribution is 5.98. The summed E-state index contributed by atoms with van der Waals surface area (Å²) in [6, 6.07) is 13.7. The second-order valence-electron chi connectivity index (χ2n) is 8.85. The van der Waals surface area contributed by atoms with Crippen molar-refractivity contribution >= 4 is 23.0 Å². The molecule has 5 aromatic heterocycles. The molecule has 0 fully saturated rings. The Balaban J connectivity index is 1.45. The van der Waals surface area contributed by atoms with Gasteiger partial charge in [-0.25, -0.2) is 23.7 Å². The van der Waals surface area contributed by atoms with E-state index in [2.05, 4.69) is 37.3 Å². The maximum atomic E-state index is 13.9. The summed E-state index contributed by atoms with van der Waals surface area (Å²) in [6.07, 6.45) is 6.52. The molecule has 1 atom stereocenters. The van der Waals surface area contributed by atoms with Crippen molar-refractivity contribution < 1.29 is 4.79 Å². The van der Waals surface area contributed by atoms with Gasteiger partial charge in [-0.2, -0.15) is 10.2 Å². The van der Waals surface area contributed by atoms with Crippen LogP contribution in [-0.2, 0) is 7.05 Å². The predicted molar refractivity (Wildman–Crippen MR) is 143 cm³/mol. The fourth-order valence-corrected chi connectivity index (χ4v) is 4.40. The fourth-order valence-electron chi connectivity index (χ4n) is 4.40. The van der Waals surface area contributed by atoms with E-state index in [1.807, 2.05) is 30.3 Å². The summed E-state index contributed by atoms with van der Waals surface area (Å²) < 4.78 is 6.01. The number of fused-ring (bicyclic) bond motifs is 2. The molecule has 3 N–H and O–H groups in total. The average molecular weight is 519 g/mol. The first-order chi connectivity index (χ1) is 18.9. The zero-order valence-corrected chi connectivity index (χ0v) is 21.0. The molecule has 6 aromatic rings. The Kier molecular flexibility index (Phi) is 5.65. The highest BCUT2D eigenvalue weighted by Crippen LogP contribution is 2.20. The Morgan fingerprint density at radius 3 is 2.64 bits per heavy atom. The maximum Gasteiger partial charge on any atom is 0.339 e. The zero-order chi connectivity index (χ0) is 27.1. The number of carbonyl (C=O) groups excluding carboxylic acids is 1. The van der Waals surface area contributed by atoms with E-state index in [1.165, 1.54) is 13.5 Å². The molecule has 6 rings (SSSR count). The van der Waals surface area contributed by atoms with Gasteiger partial charge in [0.2, 0.25) is 0 Å². The number of rotatable bonds is 4. The summed E-state index contributed by atoms with van der Waals surface area (Å²) in [4.78, 5) is 35.9. The summed E-state index contributed by atoms with van der Waals surface area (Å²) in [5, 5.41) is 11.2. The Hall–Kier alpha value is -5.70. The van der Waals surface area contributed by atoms with Crippen molar-refractivity contribution in [3.8, 4) is 17.5 Å². The lowest BCUT2D eigenvalue weighted by Gasteiger charge is -2.20. The SMILES string of the molecule is C[C@@H](NC(=O)c1c(N)nc2cccnn12)c1cc2ncc(C#Cc3cnn(C)c3)n2c(=O)n1-c1ccccc1. The molecule has 1 amide bonds. The second kappa shape index (κ2) is 9.31. The molecular weight excluding hydrogens is 496 g/mol. The molecule has 0 saturated carbocycles. The molecular formula is C27H22N10O2. The standard InChI is InChI=1S/C27H22N10O2/c1-17(32-26(38)24-25(28)33-22-9-6-12-30-37(22)24)21-13-23-29-15-20(11-10-18-14-31-34(2)16-18)36(23)27(39)35(21)19-7-4-3-5-8-19/h3-9,12-17H,28H2,1-2H3,(H,32,38)/t17-/m1/s1. The number of imidazole rings is 2. The van der Waals surface area contributed by atoms with E-state index in [0.29, 0.717) is 33.9 Å². The summed E-state index contributed by atoms with van der Waals surface area (Å²) >= 11 is 0. The van der Waals surface area contributed by atoms with Gasteiger partial charge in [0.05, 0.1) is 35.4 Å². The van der Waals surface area contributed by atoms with E-state index >= 15 is 0 Å². The fraction of sp³-hybridized carbons (Fsp3) is 0.111. The van der Waals surface area contributed by atoms with Crippen molar-refractivity contribution in [3.05, 3.63) is 106 Å². The van der Waals surface area contributed by atoms with Crippen LogP contribution in [-0.4, -0.2) is 44.2 Å². The lowest BCUT2D eigenvalue weighted by Crippen LogP contribution is -2.35. The van der Waals surface area contributed by atoms with E-state index in [1.54, 1.807) is 61.6 Å². The topological polar surface area (TPSA) is 142 Å². The molecule has 5 heterocycles. The molecule has 12 nitrogen and oxygen atoms in total. The number of nitrogens with zero attached hydrogens (tertiary/aromatic N) is 8. The number of nitrogen functional groups attached to an aromatic ring is 1. The number of aromatic nitrogens is 8. The number of anilines is 1. The number of aryl methyl sites for hydroxylation is 1. The molecule has 0 saturated heterocycles. The van der Waals surface area contributed by atoms with E-state index in [4.69, 9.17) is 5.73 Å². The van der Waals surface area contributed by atoms with Crippen molar-refractivity contribution in [1.29, 1.82) is 0 Å². The number of para-hydroxylation sites is 1. The smallest absolute Gasteiger partial charge is 0.339 e. The molecule has 0 aliphatic carbocycles. The van der Waals surface area contributed by atoms with E-state index in [-0.39, 0.29) is 17.2 Å².